The first-order chi connectivity index (χ1) is 15.5. The average molecular weight is 427 g/mol. The molecule has 1 fully saturated rings. The molecule has 0 aromatic heterocycles. The summed E-state index contributed by atoms with van der Waals surface area (Å²) in [5, 5.41) is 11.0. The van der Waals surface area contributed by atoms with Crippen LogP contribution in [0.15, 0.2) is 90.5 Å². The van der Waals surface area contributed by atoms with Gasteiger partial charge in [0.25, 0.3) is 11.7 Å². The van der Waals surface area contributed by atoms with E-state index >= 15 is 0 Å². The number of amides is 1. The maximum absolute atomic E-state index is 13.0. The Hall–Kier alpha value is -4.19. The van der Waals surface area contributed by atoms with Crippen molar-refractivity contribution in [2.75, 3.05) is 7.11 Å². The summed E-state index contributed by atoms with van der Waals surface area (Å²) >= 11 is 0. The van der Waals surface area contributed by atoms with Gasteiger partial charge in [-0.1, -0.05) is 72.8 Å². The molecule has 1 saturated heterocycles. The number of rotatable bonds is 5. The first-order valence-corrected chi connectivity index (χ1v) is 10.1. The third kappa shape index (κ3) is 3.90. The topological polar surface area (TPSA) is 83.9 Å². The molecule has 0 spiro atoms. The van der Waals surface area contributed by atoms with Crippen molar-refractivity contribution in [2.24, 2.45) is 0 Å². The smallest absolute Gasteiger partial charge is 0.337 e. The van der Waals surface area contributed by atoms with E-state index < -0.39 is 23.7 Å². The van der Waals surface area contributed by atoms with Crippen LogP contribution in [0.3, 0.4) is 0 Å². The van der Waals surface area contributed by atoms with Crippen molar-refractivity contribution >= 4 is 23.4 Å². The summed E-state index contributed by atoms with van der Waals surface area (Å²) in [6.45, 7) is 0.195. The van der Waals surface area contributed by atoms with Gasteiger partial charge in [0.2, 0.25) is 0 Å². The van der Waals surface area contributed by atoms with Gasteiger partial charge in [-0.15, -0.1) is 0 Å². The van der Waals surface area contributed by atoms with Crippen LogP contribution < -0.4 is 0 Å². The number of carbonyl (C=O) groups excluding carboxylic acids is 3. The molecular weight excluding hydrogens is 406 g/mol. The van der Waals surface area contributed by atoms with E-state index in [2.05, 4.69) is 0 Å². The van der Waals surface area contributed by atoms with Crippen molar-refractivity contribution < 1.29 is 24.2 Å². The van der Waals surface area contributed by atoms with E-state index in [0.29, 0.717) is 16.7 Å². The molecule has 4 rings (SSSR count). The quantitative estimate of drug-likeness (QED) is 0.287. The van der Waals surface area contributed by atoms with E-state index in [4.69, 9.17) is 4.74 Å². The lowest BCUT2D eigenvalue weighted by Gasteiger charge is -2.25. The Morgan fingerprint density at radius 2 is 1.47 bits per heavy atom. The maximum atomic E-state index is 13.0. The second-order valence-corrected chi connectivity index (χ2v) is 7.39. The number of ether oxygens (including phenoxy) is 1. The number of aliphatic hydroxyl groups is 1. The van der Waals surface area contributed by atoms with E-state index in [1.54, 1.807) is 54.6 Å². The summed E-state index contributed by atoms with van der Waals surface area (Å²) in [5.74, 6) is -2.15. The Labute approximate surface area is 185 Å². The predicted molar refractivity (Wildman–Crippen MR) is 119 cm³/mol. The highest BCUT2D eigenvalue weighted by atomic mass is 16.5. The van der Waals surface area contributed by atoms with Gasteiger partial charge >= 0.3 is 5.97 Å². The zero-order valence-corrected chi connectivity index (χ0v) is 17.4. The number of methoxy groups -OCH3 is 1. The van der Waals surface area contributed by atoms with Crippen molar-refractivity contribution in [1.29, 1.82) is 0 Å². The number of aliphatic hydroxyl groups excluding tert-OH is 1. The van der Waals surface area contributed by atoms with Crippen molar-refractivity contribution in [2.45, 2.75) is 12.6 Å². The van der Waals surface area contributed by atoms with Crippen LogP contribution in [-0.2, 0) is 20.9 Å². The zero-order valence-electron chi connectivity index (χ0n) is 17.4. The number of ketones is 1. The lowest BCUT2D eigenvalue weighted by Crippen LogP contribution is -2.29. The van der Waals surface area contributed by atoms with Crippen LogP contribution in [0.25, 0.3) is 5.76 Å². The van der Waals surface area contributed by atoms with Crippen LogP contribution in [0.2, 0.25) is 0 Å². The molecule has 0 aliphatic carbocycles. The number of benzene rings is 3. The summed E-state index contributed by atoms with van der Waals surface area (Å²) in [7, 11) is 1.30. The Kier molecular flexibility index (Phi) is 5.85. The minimum atomic E-state index is -0.804. The highest BCUT2D eigenvalue weighted by molar-refractivity contribution is 6.46. The molecule has 160 valence electrons. The molecule has 1 N–H and O–H groups in total. The summed E-state index contributed by atoms with van der Waals surface area (Å²) in [4.78, 5) is 39.3. The minimum absolute atomic E-state index is 0.0166. The molecule has 1 unspecified atom stereocenters. The molecule has 3 aromatic carbocycles. The molecule has 1 atom stereocenters. The fraction of sp³-hybridized carbons (Fsp3) is 0.115. The molecular formula is C26H21NO5. The number of Topliss-reactive ketones (excluding diaryl/α,β-unsaturated/α-hetero) is 1. The van der Waals surface area contributed by atoms with Gasteiger partial charge in [-0.3, -0.25) is 9.59 Å². The van der Waals surface area contributed by atoms with Crippen LogP contribution in [-0.4, -0.2) is 34.8 Å². The predicted octanol–water partition coefficient (Wildman–Crippen LogP) is 4.10. The van der Waals surface area contributed by atoms with E-state index in [9.17, 15) is 19.5 Å². The van der Waals surface area contributed by atoms with E-state index in [-0.39, 0.29) is 17.9 Å². The van der Waals surface area contributed by atoms with Gasteiger partial charge in [0.1, 0.15) is 5.76 Å². The number of likely N-dealkylation sites (tertiary alicyclic amines) is 1. The summed E-state index contributed by atoms with van der Waals surface area (Å²) in [6, 6.07) is 23.6. The fourth-order valence-corrected chi connectivity index (χ4v) is 3.84. The molecule has 32 heavy (non-hydrogen) atoms. The van der Waals surface area contributed by atoms with Gasteiger partial charge in [0.05, 0.1) is 24.3 Å². The molecule has 6 nitrogen and oxygen atoms in total. The normalized spacial score (nSPS) is 17.4. The molecule has 1 amide bonds. The molecule has 1 heterocycles. The highest BCUT2D eigenvalue weighted by Gasteiger charge is 2.46. The molecule has 1 aliphatic rings. The minimum Gasteiger partial charge on any atom is -0.507 e. The molecule has 3 aromatic rings. The highest BCUT2D eigenvalue weighted by Crippen LogP contribution is 2.40. The Balaban J connectivity index is 1.84. The second kappa shape index (κ2) is 8.89. The average Bonchev–Trinajstić information content (AvgIpc) is 3.09. The maximum Gasteiger partial charge on any atom is 0.337 e. The van der Waals surface area contributed by atoms with Crippen LogP contribution in [0.4, 0.5) is 0 Å². The van der Waals surface area contributed by atoms with Gasteiger partial charge in [-0.2, -0.15) is 0 Å². The van der Waals surface area contributed by atoms with Gasteiger partial charge in [0, 0.05) is 12.1 Å². The van der Waals surface area contributed by atoms with Gasteiger partial charge in [-0.25, -0.2) is 4.79 Å². The fourth-order valence-electron chi connectivity index (χ4n) is 3.84. The van der Waals surface area contributed by atoms with Crippen molar-refractivity contribution in [3.05, 3.63) is 113 Å². The molecule has 0 bridgehead atoms. The van der Waals surface area contributed by atoms with Crippen LogP contribution in [0.5, 0.6) is 0 Å². The SMILES string of the molecule is COC(=O)c1ccc(C2C(=C(O)c3ccccc3)C(=O)C(=O)N2Cc2ccccc2)cc1. The van der Waals surface area contributed by atoms with Gasteiger partial charge in [-0.05, 0) is 23.3 Å². The van der Waals surface area contributed by atoms with Gasteiger partial charge in [0.15, 0.2) is 0 Å². The first kappa shape index (κ1) is 21.1. The second-order valence-electron chi connectivity index (χ2n) is 7.39. The van der Waals surface area contributed by atoms with E-state index in [1.165, 1.54) is 12.0 Å². The number of hydrogen-bond donors (Lipinski definition) is 1. The first-order valence-electron chi connectivity index (χ1n) is 10.1. The molecule has 1 aliphatic heterocycles. The summed E-state index contributed by atoms with van der Waals surface area (Å²) in [6.07, 6.45) is 0. The third-order valence-electron chi connectivity index (χ3n) is 5.43. The summed E-state index contributed by atoms with van der Waals surface area (Å²) in [5.41, 5.74) is 2.26. The van der Waals surface area contributed by atoms with Crippen molar-refractivity contribution in [1.82, 2.24) is 4.90 Å². The van der Waals surface area contributed by atoms with E-state index in [1.807, 2.05) is 30.3 Å². The van der Waals surface area contributed by atoms with Crippen LogP contribution in [0, 0.1) is 0 Å². The monoisotopic (exact) mass is 427 g/mol. The van der Waals surface area contributed by atoms with Gasteiger partial charge < -0.3 is 14.7 Å². The zero-order chi connectivity index (χ0) is 22.7. The molecule has 0 radical (unpaired) electrons. The lowest BCUT2D eigenvalue weighted by molar-refractivity contribution is -0.140. The number of carbonyl (C=O) groups is 3. The largest absolute Gasteiger partial charge is 0.507 e. The Morgan fingerprint density at radius 3 is 2.06 bits per heavy atom. The third-order valence-corrected chi connectivity index (χ3v) is 5.43. The molecule has 6 heteroatoms. The number of esters is 1. The number of nitrogens with zero attached hydrogens (tertiary/aromatic N) is 1. The van der Waals surface area contributed by atoms with Crippen molar-refractivity contribution in [3.8, 4) is 0 Å². The standard InChI is InChI=1S/C26H21NO5/c1-32-26(31)20-14-12-18(13-15-20)22-21(23(28)19-10-6-3-7-11-19)24(29)25(30)27(22)16-17-8-4-2-5-9-17/h2-15,22,28H,16H2,1H3. The van der Waals surface area contributed by atoms with E-state index in [0.717, 1.165) is 5.56 Å². The molecule has 0 saturated carbocycles. The van der Waals surface area contributed by atoms with Crippen LogP contribution in [0.1, 0.15) is 33.1 Å². The lowest BCUT2D eigenvalue weighted by atomic mass is 9.94. The van der Waals surface area contributed by atoms with Crippen molar-refractivity contribution in [3.63, 3.8) is 0 Å². The Bertz CT molecular complexity index is 1180. The Morgan fingerprint density at radius 1 is 0.875 bits per heavy atom. The summed E-state index contributed by atoms with van der Waals surface area (Å²) < 4.78 is 4.75. The number of hydrogen-bond acceptors (Lipinski definition) is 5. The van der Waals surface area contributed by atoms with Crippen LogP contribution >= 0.6 is 0 Å².